The molecule has 0 spiro atoms. The van der Waals surface area contributed by atoms with Crippen molar-refractivity contribution in [2.24, 2.45) is 0 Å². The second-order valence-corrected chi connectivity index (χ2v) is 6.50. The summed E-state index contributed by atoms with van der Waals surface area (Å²) in [7, 11) is 0. The number of amides is 1. The minimum Gasteiger partial charge on any atom is -0.399 e. The van der Waals surface area contributed by atoms with Crippen molar-refractivity contribution in [2.45, 2.75) is 31.7 Å². The Kier molecular flexibility index (Phi) is 4.36. The van der Waals surface area contributed by atoms with Gasteiger partial charge in [0.1, 0.15) is 0 Å². The van der Waals surface area contributed by atoms with E-state index in [9.17, 15) is 4.79 Å². The molecule has 0 radical (unpaired) electrons. The molecule has 1 unspecified atom stereocenters. The van der Waals surface area contributed by atoms with E-state index in [1.54, 1.807) is 18.2 Å². The van der Waals surface area contributed by atoms with E-state index < -0.39 is 0 Å². The van der Waals surface area contributed by atoms with Gasteiger partial charge in [0.05, 0.1) is 0 Å². The Morgan fingerprint density at radius 2 is 1.90 bits per heavy atom. The Balaban J connectivity index is 1.71. The summed E-state index contributed by atoms with van der Waals surface area (Å²) in [5.74, 6) is 0.0492. The Labute approximate surface area is 130 Å². The summed E-state index contributed by atoms with van der Waals surface area (Å²) in [6.45, 7) is 4.01. The minimum atomic E-state index is 0.0492. The van der Waals surface area contributed by atoms with E-state index in [0.717, 1.165) is 19.5 Å². The van der Waals surface area contributed by atoms with Gasteiger partial charge in [-0.2, -0.15) is 0 Å². The van der Waals surface area contributed by atoms with Crippen LogP contribution in [0, 0.1) is 0 Å². The topological polar surface area (TPSA) is 49.6 Å². The van der Waals surface area contributed by atoms with Gasteiger partial charge >= 0.3 is 0 Å². The van der Waals surface area contributed by atoms with E-state index in [4.69, 9.17) is 17.3 Å². The van der Waals surface area contributed by atoms with Crippen LogP contribution < -0.4 is 5.73 Å². The van der Waals surface area contributed by atoms with Crippen LogP contribution in [0.25, 0.3) is 0 Å². The van der Waals surface area contributed by atoms with Crippen molar-refractivity contribution in [3.05, 3.63) is 28.8 Å². The quantitative estimate of drug-likeness (QED) is 0.855. The van der Waals surface area contributed by atoms with Crippen molar-refractivity contribution in [1.29, 1.82) is 0 Å². The third-order valence-electron chi connectivity index (χ3n) is 4.51. The fourth-order valence-corrected chi connectivity index (χ4v) is 3.71. The number of likely N-dealkylation sites (tertiary alicyclic amines) is 2. The lowest BCUT2D eigenvalue weighted by Gasteiger charge is -2.37. The zero-order chi connectivity index (χ0) is 14.8. The number of nitrogens with two attached hydrogens (primary N) is 1. The van der Waals surface area contributed by atoms with Crippen molar-refractivity contribution < 1.29 is 4.79 Å². The van der Waals surface area contributed by atoms with Crippen LogP contribution in [0.1, 0.15) is 36.0 Å². The maximum Gasteiger partial charge on any atom is 0.254 e. The van der Waals surface area contributed by atoms with Crippen LogP contribution in [0.5, 0.6) is 0 Å². The molecule has 4 nitrogen and oxygen atoms in total. The molecular weight excluding hydrogens is 286 g/mol. The summed E-state index contributed by atoms with van der Waals surface area (Å²) in [5.41, 5.74) is 6.93. The number of benzene rings is 1. The summed E-state index contributed by atoms with van der Waals surface area (Å²) in [4.78, 5) is 17.1. The largest absolute Gasteiger partial charge is 0.399 e. The number of halogens is 1. The smallest absolute Gasteiger partial charge is 0.254 e. The summed E-state index contributed by atoms with van der Waals surface area (Å²) in [6.07, 6.45) is 4.84. The molecule has 2 saturated heterocycles. The second-order valence-electron chi connectivity index (χ2n) is 6.06. The molecule has 2 fully saturated rings. The number of carbonyl (C=O) groups is 1. The summed E-state index contributed by atoms with van der Waals surface area (Å²) in [5, 5.41) is 0.520. The highest BCUT2D eigenvalue weighted by atomic mass is 35.5. The number of hydrogen-bond acceptors (Lipinski definition) is 3. The van der Waals surface area contributed by atoms with E-state index in [-0.39, 0.29) is 5.91 Å². The number of nitrogen functional groups attached to an aromatic ring is 1. The average molecular weight is 308 g/mol. The number of anilines is 1. The normalized spacial score (nSPS) is 23.5. The van der Waals surface area contributed by atoms with Crippen molar-refractivity contribution in [2.75, 3.05) is 31.9 Å². The number of rotatable bonds is 2. The van der Waals surface area contributed by atoms with Gasteiger partial charge in [-0.25, -0.2) is 0 Å². The minimum absolute atomic E-state index is 0.0492. The number of piperidine rings is 1. The summed E-state index contributed by atoms with van der Waals surface area (Å²) >= 11 is 6.01. The lowest BCUT2D eigenvalue weighted by Crippen LogP contribution is -2.49. The van der Waals surface area contributed by atoms with Crippen molar-refractivity contribution in [3.63, 3.8) is 0 Å². The third kappa shape index (κ3) is 3.33. The second kappa shape index (κ2) is 6.24. The lowest BCUT2D eigenvalue weighted by molar-refractivity contribution is 0.0608. The van der Waals surface area contributed by atoms with Crippen LogP contribution in [0.3, 0.4) is 0 Å². The van der Waals surface area contributed by atoms with Gasteiger partial charge in [0.15, 0.2) is 0 Å². The van der Waals surface area contributed by atoms with E-state index >= 15 is 0 Å². The fourth-order valence-electron chi connectivity index (χ4n) is 3.46. The van der Waals surface area contributed by atoms with Crippen LogP contribution in [-0.4, -0.2) is 47.9 Å². The average Bonchev–Trinajstić information content (AvgIpc) is 3.00. The van der Waals surface area contributed by atoms with Crippen LogP contribution in [0.2, 0.25) is 5.02 Å². The zero-order valence-electron chi connectivity index (χ0n) is 12.2. The molecule has 1 atom stereocenters. The standard InChI is InChI=1S/C16H22ClN3O/c17-13-8-12(9-14(18)10-13)16(21)20-7-3-4-15(11-20)19-5-1-2-6-19/h8-10,15H,1-7,11,18H2. The van der Waals surface area contributed by atoms with E-state index in [0.29, 0.717) is 22.3 Å². The zero-order valence-corrected chi connectivity index (χ0v) is 13.0. The van der Waals surface area contributed by atoms with Crippen molar-refractivity contribution in [3.8, 4) is 0 Å². The molecular formula is C16H22ClN3O. The molecule has 114 valence electrons. The SMILES string of the molecule is Nc1cc(Cl)cc(C(=O)N2CCCC(N3CCCC3)C2)c1. The van der Waals surface area contributed by atoms with Gasteiger partial charge in [-0.15, -0.1) is 0 Å². The number of nitrogens with zero attached hydrogens (tertiary/aromatic N) is 2. The monoisotopic (exact) mass is 307 g/mol. The Morgan fingerprint density at radius 1 is 1.14 bits per heavy atom. The molecule has 1 aromatic rings. The first-order chi connectivity index (χ1) is 10.1. The molecule has 2 aliphatic heterocycles. The highest BCUT2D eigenvalue weighted by Gasteiger charge is 2.29. The molecule has 2 heterocycles. The molecule has 21 heavy (non-hydrogen) atoms. The Hall–Kier alpha value is -1.26. The Bertz CT molecular complexity index is 508. The van der Waals surface area contributed by atoms with Crippen molar-refractivity contribution >= 4 is 23.2 Å². The van der Waals surface area contributed by atoms with Crippen molar-refractivity contribution in [1.82, 2.24) is 9.80 Å². The van der Waals surface area contributed by atoms with Gasteiger partial charge in [-0.05, 0) is 57.0 Å². The maximum absolute atomic E-state index is 12.7. The molecule has 0 aliphatic carbocycles. The molecule has 2 aliphatic rings. The van der Waals surface area contributed by atoms with Gasteiger partial charge in [-0.1, -0.05) is 11.6 Å². The van der Waals surface area contributed by atoms with E-state index in [2.05, 4.69) is 4.90 Å². The molecule has 3 rings (SSSR count). The van der Waals surface area contributed by atoms with E-state index in [1.807, 2.05) is 4.90 Å². The van der Waals surface area contributed by atoms with Gasteiger partial charge in [0.2, 0.25) is 0 Å². The van der Waals surface area contributed by atoms with Crippen LogP contribution in [0.4, 0.5) is 5.69 Å². The van der Waals surface area contributed by atoms with Crippen LogP contribution >= 0.6 is 11.6 Å². The molecule has 0 saturated carbocycles. The Morgan fingerprint density at radius 3 is 2.62 bits per heavy atom. The highest BCUT2D eigenvalue weighted by molar-refractivity contribution is 6.31. The summed E-state index contributed by atoms with van der Waals surface area (Å²) < 4.78 is 0. The lowest BCUT2D eigenvalue weighted by atomic mass is 10.0. The third-order valence-corrected chi connectivity index (χ3v) is 4.73. The maximum atomic E-state index is 12.7. The van der Waals surface area contributed by atoms with E-state index in [1.165, 1.54) is 32.4 Å². The predicted molar refractivity (Wildman–Crippen MR) is 85.6 cm³/mol. The molecule has 0 aromatic heterocycles. The molecule has 1 amide bonds. The molecule has 1 aromatic carbocycles. The highest BCUT2D eigenvalue weighted by Crippen LogP contribution is 2.23. The number of carbonyl (C=O) groups excluding carboxylic acids is 1. The molecule has 2 N–H and O–H groups in total. The van der Waals surface area contributed by atoms with Gasteiger partial charge < -0.3 is 10.6 Å². The first-order valence-electron chi connectivity index (χ1n) is 7.73. The molecule has 5 heteroatoms. The molecule has 0 bridgehead atoms. The van der Waals surface area contributed by atoms with Gasteiger partial charge in [0.25, 0.3) is 5.91 Å². The first-order valence-corrected chi connectivity index (χ1v) is 8.11. The van der Waals surface area contributed by atoms with Gasteiger partial charge in [0, 0.05) is 35.4 Å². The van der Waals surface area contributed by atoms with Gasteiger partial charge in [-0.3, -0.25) is 9.69 Å². The number of hydrogen-bond donors (Lipinski definition) is 1. The fraction of sp³-hybridized carbons (Fsp3) is 0.562. The summed E-state index contributed by atoms with van der Waals surface area (Å²) in [6, 6.07) is 5.61. The van der Waals surface area contributed by atoms with Crippen LogP contribution in [0.15, 0.2) is 18.2 Å². The first kappa shape index (κ1) is 14.7. The predicted octanol–water partition coefficient (Wildman–Crippen LogP) is 2.62. The van der Waals surface area contributed by atoms with Crippen LogP contribution in [-0.2, 0) is 0 Å².